The number of nitrogens with zero attached hydrogens (tertiary/aromatic N) is 3. The highest BCUT2D eigenvalue weighted by atomic mass is 16.6. The lowest BCUT2D eigenvalue weighted by Gasteiger charge is -2.11. The minimum atomic E-state index is -0.476. The molecular weight excluding hydrogens is 324 g/mol. The highest BCUT2D eigenvalue weighted by Crippen LogP contribution is 2.23. The predicted molar refractivity (Wildman–Crippen MR) is 91.3 cm³/mol. The normalized spacial score (nSPS) is 15.9. The summed E-state index contributed by atoms with van der Waals surface area (Å²) in [6.07, 6.45) is 7.38. The van der Waals surface area contributed by atoms with Crippen molar-refractivity contribution in [2.24, 2.45) is 10.9 Å². The molecule has 1 aromatic heterocycles. The first-order chi connectivity index (χ1) is 12.1. The van der Waals surface area contributed by atoms with E-state index in [1.807, 2.05) is 12.3 Å². The van der Waals surface area contributed by atoms with Gasteiger partial charge in [0.05, 0.1) is 4.92 Å². The van der Waals surface area contributed by atoms with Gasteiger partial charge in [0.25, 0.3) is 11.6 Å². The van der Waals surface area contributed by atoms with Crippen molar-refractivity contribution in [2.75, 3.05) is 6.54 Å². The minimum absolute atomic E-state index is 0.0117. The average Bonchev–Trinajstić information content (AvgIpc) is 3.13. The van der Waals surface area contributed by atoms with Crippen LogP contribution < -0.4 is 5.32 Å². The second-order valence-corrected chi connectivity index (χ2v) is 5.60. The Labute approximate surface area is 143 Å². The van der Waals surface area contributed by atoms with Crippen LogP contribution in [0.4, 0.5) is 5.69 Å². The van der Waals surface area contributed by atoms with Crippen molar-refractivity contribution >= 4 is 17.8 Å². The number of nitrogens with one attached hydrogen (secondary N) is 1. The van der Waals surface area contributed by atoms with Gasteiger partial charge in [-0.25, -0.2) is 0 Å². The Hall–Kier alpha value is -3.29. The Balaban J connectivity index is 1.56. The number of hydrogen-bond donors (Lipinski definition) is 1. The number of carbonyl (C=O) groups excluding carboxylic acids is 1. The number of aliphatic imine (C=N–C) groups is 1. The summed E-state index contributed by atoms with van der Waals surface area (Å²) in [4.78, 5) is 26.4. The maximum Gasteiger partial charge on any atom is 0.273 e. The van der Waals surface area contributed by atoms with Crippen molar-refractivity contribution in [2.45, 2.75) is 12.8 Å². The number of allylic oxidation sites excluding steroid dienone is 1. The zero-order chi connectivity index (χ0) is 17.6. The zero-order valence-electron chi connectivity index (χ0n) is 13.3. The van der Waals surface area contributed by atoms with Gasteiger partial charge in [0.1, 0.15) is 0 Å². The van der Waals surface area contributed by atoms with Crippen LogP contribution in [0.5, 0.6) is 0 Å². The van der Waals surface area contributed by atoms with E-state index in [0.717, 1.165) is 12.8 Å². The van der Waals surface area contributed by atoms with Crippen LogP contribution in [-0.2, 0) is 0 Å². The SMILES string of the molecule is O=C(NCCC1C=NC=CC1)c1cc(-c2ccc([N+](=O)[O-])cc2)on1. The molecule has 2 heterocycles. The van der Waals surface area contributed by atoms with E-state index in [9.17, 15) is 14.9 Å². The summed E-state index contributed by atoms with van der Waals surface area (Å²) in [6, 6.07) is 7.36. The van der Waals surface area contributed by atoms with Crippen molar-refractivity contribution in [3.05, 3.63) is 58.4 Å². The largest absolute Gasteiger partial charge is 0.355 e. The lowest BCUT2D eigenvalue weighted by atomic mass is 10.0. The molecule has 3 rings (SSSR count). The lowest BCUT2D eigenvalue weighted by molar-refractivity contribution is -0.384. The van der Waals surface area contributed by atoms with E-state index >= 15 is 0 Å². The predicted octanol–water partition coefficient (Wildman–Crippen LogP) is 2.97. The van der Waals surface area contributed by atoms with Gasteiger partial charge >= 0.3 is 0 Å². The monoisotopic (exact) mass is 340 g/mol. The number of nitro groups is 1. The fraction of sp³-hybridized carbons (Fsp3) is 0.235. The van der Waals surface area contributed by atoms with E-state index in [4.69, 9.17) is 4.52 Å². The minimum Gasteiger partial charge on any atom is -0.355 e. The Morgan fingerprint density at radius 2 is 2.16 bits per heavy atom. The van der Waals surface area contributed by atoms with Crippen molar-refractivity contribution in [1.82, 2.24) is 10.5 Å². The number of hydrogen-bond acceptors (Lipinski definition) is 6. The Morgan fingerprint density at radius 3 is 2.84 bits per heavy atom. The Kier molecular flexibility index (Phi) is 4.98. The molecule has 1 aromatic carbocycles. The van der Waals surface area contributed by atoms with E-state index in [0.29, 0.717) is 23.8 Å². The second kappa shape index (κ2) is 7.52. The number of nitro benzene ring substituents is 1. The summed E-state index contributed by atoms with van der Waals surface area (Å²) in [5.74, 6) is 0.392. The molecule has 1 amide bonds. The molecule has 1 atom stereocenters. The number of benzene rings is 1. The third-order valence-corrected chi connectivity index (χ3v) is 3.83. The molecule has 1 N–H and O–H groups in total. The first kappa shape index (κ1) is 16.6. The van der Waals surface area contributed by atoms with E-state index in [1.54, 1.807) is 18.3 Å². The van der Waals surface area contributed by atoms with Gasteiger partial charge < -0.3 is 9.84 Å². The molecule has 0 bridgehead atoms. The fourth-order valence-electron chi connectivity index (χ4n) is 2.45. The number of non-ortho nitro benzene ring substituents is 1. The highest BCUT2D eigenvalue weighted by Gasteiger charge is 2.15. The number of rotatable bonds is 6. The summed E-state index contributed by atoms with van der Waals surface area (Å²) in [5, 5.41) is 17.2. The van der Waals surface area contributed by atoms with E-state index in [-0.39, 0.29) is 17.3 Å². The lowest BCUT2D eigenvalue weighted by Crippen LogP contribution is -2.26. The van der Waals surface area contributed by atoms with Crippen molar-refractivity contribution in [1.29, 1.82) is 0 Å². The molecule has 1 aliphatic heterocycles. The van der Waals surface area contributed by atoms with Crippen molar-refractivity contribution in [3.8, 4) is 11.3 Å². The fourth-order valence-corrected chi connectivity index (χ4v) is 2.45. The molecule has 0 saturated heterocycles. The van der Waals surface area contributed by atoms with Crippen LogP contribution in [0.15, 0.2) is 52.1 Å². The van der Waals surface area contributed by atoms with Gasteiger partial charge in [-0.05, 0) is 30.9 Å². The molecule has 2 aromatic rings. The Morgan fingerprint density at radius 1 is 1.36 bits per heavy atom. The zero-order valence-corrected chi connectivity index (χ0v) is 13.3. The van der Waals surface area contributed by atoms with Gasteiger partial charge in [-0.3, -0.25) is 19.9 Å². The third kappa shape index (κ3) is 4.17. The maximum absolute atomic E-state index is 12.1. The highest BCUT2D eigenvalue weighted by molar-refractivity contribution is 5.93. The van der Waals surface area contributed by atoms with Gasteiger partial charge in [-0.15, -0.1) is 0 Å². The van der Waals surface area contributed by atoms with E-state index in [1.165, 1.54) is 18.2 Å². The number of carbonyl (C=O) groups is 1. The first-order valence-corrected chi connectivity index (χ1v) is 7.81. The van der Waals surface area contributed by atoms with Crippen LogP contribution in [0.3, 0.4) is 0 Å². The van der Waals surface area contributed by atoms with Gasteiger partial charge in [0.15, 0.2) is 11.5 Å². The number of aromatic nitrogens is 1. The summed E-state index contributed by atoms with van der Waals surface area (Å²) < 4.78 is 5.16. The van der Waals surface area contributed by atoms with Crippen LogP contribution in [0.25, 0.3) is 11.3 Å². The first-order valence-electron chi connectivity index (χ1n) is 7.81. The molecule has 0 spiro atoms. The molecule has 25 heavy (non-hydrogen) atoms. The molecule has 1 unspecified atom stereocenters. The Bertz CT molecular complexity index is 823. The molecule has 0 aliphatic carbocycles. The van der Waals surface area contributed by atoms with Gasteiger partial charge in [0.2, 0.25) is 0 Å². The number of amides is 1. The van der Waals surface area contributed by atoms with Crippen molar-refractivity contribution < 1.29 is 14.2 Å². The molecule has 128 valence electrons. The van der Waals surface area contributed by atoms with Crippen LogP contribution in [0.2, 0.25) is 0 Å². The third-order valence-electron chi connectivity index (χ3n) is 3.83. The standard InChI is InChI=1S/C17H16N4O4/c22-17(19-9-7-12-2-1-8-18-11-12)15-10-16(25-20-15)13-3-5-14(6-4-13)21(23)24/h1,3-6,8,10-12H,2,7,9H2,(H,19,22). The van der Waals surface area contributed by atoms with E-state index < -0.39 is 4.92 Å². The summed E-state index contributed by atoms with van der Waals surface area (Å²) in [7, 11) is 0. The van der Waals surface area contributed by atoms with Crippen LogP contribution in [-0.4, -0.2) is 28.7 Å². The van der Waals surface area contributed by atoms with Crippen LogP contribution >= 0.6 is 0 Å². The van der Waals surface area contributed by atoms with Crippen LogP contribution in [0.1, 0.15) is 23.3 Å². The molecule has 8 heteroatoms. The molecule has 0 fully saturated rings. The van der Waals surface area contributed by atoms with E-state index in [2.05, 4.69) is 15.5 Å². The summed E-state index contributed by atoms with van der Waals surface area (Å²) in [6.45, 7) is 0.517. The van der Waals surface area contributed by atoms with Crippen molar-refractivity contribution in [3.63, 3.8) is 0 Å². The van der Waals surface area contributed by atoms with Gasteiger partial charge in [-0.2, -0.15) is 0 Å². The van der Waals surface area contributed by atoms with Gasteiger partial charge in [-0.1, -0.05) is 11.2 Å². The second-order valence-electron chi connectivity index (χ2n) is 5.60. The smallest absolute Gasteiger partial charge is 0.273 e. The van der Waals surface area contributed by atoms with Gasteiger partial charge in [0, 0.05) is 42.7 Å². The average molecular weight is 340 g/mol. The quantitative estimate of drug-likeness (QED) is 0.642. The molecule has 0 saturated carbocycles. The maximum atomic E-state index is 12.1. The molecule has 1 aliphatic rings. The molecular formula is C17H16N4O4. The summed E-state index contributed by atoms with van der Waals surface area (Å²) in [5.41, 5.74) is 0.773. The summed E-state index contributed by atoms with van der Waals surface area (Å²) >= 11 is 0. The van der Waals surface area contributed by atoms with Crippen LogP contribution in [0, 0.1) is 16.0 Å². The molecule has 0 radical (unpaired) electrons. The topological polar surface area (TPSA) is 111 Å². The molecule has 8 nitrogen and oxygen atoms in total.